The molecule has 0 radical (unpaired) electrons. The first-order valence-electron chi connectivity index (χ1n) is 6.41. The van der Waals surface area contributed by atoms with Crippen LogP contribution in [0.2, 0.25) is 0 Å². The minimum Gasteiger partial charge on any atom is -0.343 e. The Hall–Kier alpha value is -2.54. The van der Waals surface area contributed by atoms with Crippen LogP contribution in [0.5, 0.6) is 0 Å². The van der Waals surface area contributed by atoms with Gasteiger partial charge < -0.3 is 5.32 Å². The average Bonchev–Trinajstić information content (AvgIpc) is 2.53. The highest BCUT2D eigenvalue weighted by atomic mass is 79.9. The quantitative estimate of drug-likeness (QED) is 0.628. The van der Waals surface area contributed by atoms with Crippen LogP contribution in [0.15, 0.2) is 58.4 Å². The van der Waals surface area contributed by atoms with Crippen molar-refractivity contribution in [2.45, 2.75) is 0 Å². The first-order chi connectivity index (χ1) is 10.6. The number of hydrogen-bond acceptors (Lipinski definition) is 4. The monoisotopic (exact) mass is 360 g/mol. The zero-order chi connectivity index (χ0) is 15.8. The van der Waals surface area contributed by atoms with E-state index in [4.69, 9.17) is 0 Å². The van der Waals surface area contributed by atoms with Crippen molar-refractivity contribution in [1.29, 1.82) is 0 Å². The number of nitrogens with one attached hydrogen (secondary N) is 2. The van der Waals surface area contributed by atoms with E-state index in [0.717, 1.165) is 10.0 Å². The maximum absolute atomic E-state index is 11.7. The molecule has 2 rings (SSSR count). The summed E-state index contributed by atoms with van der Waals surface area (Å²) in [6, 6.07) is 10.6. The molecule has 0 saturated carbocycles. The lowest BCUT2D eigenvalue weighted by Gasteiger charge is -2.03. The molecule has 0 aliphatic rings. The number of rotatable bonds is 5. The van der Waals surface area contributed by atoms with E-state index in [-0.39, 0.29) is 12.5 Å². The number of carbonyl (C=O) groups excluding carboxylic acids is 2. The van der Waals surface area contributed by atoms with Crippen LogP contribution in [0.25, 0.3) is 0 Å². The zero-order valence-electron chi connectivity index (χ0n) is 11.5. The third kappa shape index (κ3) is 5.10. The second-order valence-corrected chi connectivity index (χ2v) is 5.18. The van der Waals surface area contributed by atoms with Crippen molar-refractivity contribution in [2.24, 2.45) is 5.10 Å². The Bertz CT molecular complexity index is 689. The summed E-state index contributed by atoms with van der Waals surface area (Å²) in [5.41, 5.74) is 3.63. The Labute approximate surface area is 135 Å². The third-order valence-electron chi connectivity index (χ3n) is 2.60. The molecule has 1 aromatic heterocycles. The predicted octanol–water partition coefficient (Wildman–Crippen LogP) is 1.72. The summed E-state index contributed by atoms with van der Waals surface area (Å²) in [5.74, 6) is -0.748. The largest absolute Gasteiger partial charge is 0.343 e. The molecular formula is C15H13BrN4O2. The highest BCUT2D eigenvalue weighted by Crippen LogP contribution is 2.09. The van der Waals surface area contributed by atoms with E-state index >= 15 is 0 Å². The molecule has 2 amide bonds. The molecule has 112 valence electrons. The molecule has 0 atom stereocenters. The summed E-state index contributed by atoms with van der Waals surface area (Å²) in [4.78, 5) is 27.1. The van der Waals surface area contributed by atoms with Gasteiger partial charge in [0.15, 0.2) is 0 Å². The second-order valence-electron chi connectivity index (χ2n) is 4.27. The van der Waals surface area contributed by atoms with Crippen LogP contribution in [0.4, 0.5) is 0 Å². The Morgan fingerprint density at radius 3 is 2.73 bits per heavy atom. The minimum absolute atomic E-state index is 0.156. The Morgan fingerprint density at radius 1 is 1.23 bits per heavy atom. The second kappa shape index (κ2) is 8.04. The molecule has 7 heteroatoms. The third-order valence-corrected chi connectivity index (χ3v) is 3.10. The molecule has 0 saturated heterocycles. The predicted molar refractivity (Wildman–Crippen MR) is 86.4 cm³/mol. The van der Waals surface area contributed by atoms with E-state index in [1.54, 1.807) is 12.1 Å². The number of carbonyl (C=O) groups is 2. The maximum atomic E-state index is 11.7. The fraction of sp³-hybridized carbons (Fsp3) is 0.0667. The number of halogens is 1. The summed E-state index contributed by atoms with van der Waals surface area (Å²) in [6.07, 6.45) is 4.54. The van der Waals surface area contributed by atoms with Gasteiger partial charge in [0, 0.05) is 22.4 Å². The summed E-state index contributed by atoms with van der Waals surface area (Å²) in [6.45, 7) is -0.156. The Kier molecular flexibility index (Phi) is 5.79. The maximum Gasteiger partial charge on any atom is 0.259 e. The van der Waals surface area contributed by atoms with E-state index in [9.17, 15) is 9.59 Å². The Balaban J connectivity index is 1.77. The topological polar surface area (TPSA) is 83.5 Å². The van der Waals surface area contributed by atoms with Crippen LogP contribution in [0, 0.1) is 0 Å². The van der Waals surface area contributed by atoms with Gasteiger partial charge in [-0.2, -0.15) is 5.10 Å². The van der Waals surface area contributed by atoms with E-state index in [0.29, 0.717) is 5.56 Å². The molecule has 0 fully saturated rings. The van der Waals surface area contributed by atoms with Gasteiger partial charge in [0.05, 0.1) is 12.8 Å². The van der Waals surface area contributed by atoms with Crippen molar-refractivity contribution in [2.75, 3.05) is 6.54 Å². The molecule has 0 aliphatic heterocycles. The molecule has 1 heterocycles. The van der Waals surface area contributed by atoms with Crippen LogP contribution in [-0.2, 0) is 4.79 Å². The molecule has 0 aliphatic carbocycles. The van der Waals surface area contributed by atoms with Gasteiger partial charge in [-0.25, -0.2) is 5.43 Å². The number of benzene rings is 1. The van der Waals surface area contributed by atoms with E-state index < -0.39 is 5.91 Å². The molecule has 0 spiro atoms. The molecule has 0 unspecified atom stereocenters. The van der Waals surface area contributed by atoms with Gasteiger partial charge in [0.2, 0.25) is 0 Å². The number of nitrogens with zero attached hydrogens (tertiary/aromatic N) is 2. The standard InChI is InChI=1S/C15H13BrN4O2/c16-13-3-1-2-11(8-13)9-19-20-14(21)10-18-15(22)12-4-6-17-7-5-12/h1-9H,10H2,(H,18,22)(H,20,21)/b19-9+. The van der Waals surface area contributed by atoms with Gasteiger partial charge in [-0.3, -0.25) is 14.6 Å². The van der Waals surface area contributed by atoms with Crippen molar-refractivity contribution in [3.63, 3.8) is 0 Å². The van der Waals surface area contributed by atoms with Gasteiger partial charge in [-0.15, -0.1) is 0 Å². The Morgan fingerprint density at radius 2 is 2.00 bits per heavy atom. The van der Waals surface area contributed by atoms with Gasteiger partial charge in [-0.1, -0.05) is 28.1 Å². The summed E-state index contributed by atoms with van der Waals surface area (Å²) in [7, 11) is 0. The fourth-order valence-electron chi connectivity index (χ4n) is 1.57. The molecular weight excluding hydrogens is 348 g/mol. The summed E-state index contributed by atoms with van der Waals surface area (Å²) >= 11 is 3.35. The van der Waals surface area contributed by atoms with E-state index in [2.05, 4.69) is 36.8 Å². The van der Waals surface area contributed by atoms with Crippen molar-refractivity contribution < 1.29 is 9.59 Å². The SMILES string of the molecule is O=C(CNC(=O)c1ccncc1)N/N=C/c1cccc(Br)c1. The van der Waals surface area contributed by atoms with Crippen molar-refractivity contribution in [1.82, 2.24) is 15.7 Å². The van der Waals surface area contributed by atoms with Gasteiger partial charge >= 0.3 is 0 Å². The molecule has 2 N–H and O–H groups in total. The van der Waals surface area contributed by atoms with Crippen LogP contribution in [0.3, 0.4) is 0 Å². The molecule has 22 heavy (non-hydrogen) atoms. The lowest BCUT2D eigenvalue weighted by Crippen LogP contribution is -2.34. The molecule has 6 nitrogen and oxygen atoms in total. The van der Waals surface area contributed by atoms with Crippen molar-refractivity contribution >= 4 is 34.0 Å². The molecule has 0 bridgehead atoms. The highest BCUT2D eigenvalue weighted by Gasteiger charge is 2.06. The molecule has 1 aromatic carbocycles. The van der Waals surface area contributed by atoms with Gasteiger partial charge in [0.25, 0.3) is 11.8 Å². The number of pyridine rings is 1. The number of hydrazone groups is 1. The number of amides is 2. The van der Waals surface area contributed by atoms with Gasteiger partial charge in [0.1, 0.15) is 0 Å². The first-order valence-corrected chi connectivity index (χ1v) is 7.20. The van der Waals surface area contributed by atoms with Crippen LogP contribution in [0.1, 0.15) is 15.9 Å². The van der Waals surface area contributed by atoms with Gasteiger partial charge in [-0.05, 0) is 29.8 Å². The summed E-state index contributed by atoms with van der Waals surface area (Å²) in [5, 5.41) is 6.32. The van der Waals surface area contributed by atoms with Crippen molar-refractivity contribution in [3.8, 4) is 0 Å². The molecule has 2 aromatic rings. The normalized spacial score (nSPS) is 10.4. The van der Waals surface area contributed by atoms with Crippen LogP contribution >= 0.6 is 15.9 Å². The highest BCUT2D eigenvalue weighted by molar-refractivity contribution is 9.10. The summed E-state index contributed by atoms with van der Waals surface area (Å²) < 4.78 is 0.924. The lowest BCUT2D eigenvalue weighted by molar-refractivity contribution is -0.120. The van der Waals surface area contributed by atoms with E-state index in [1.165, 1.54) is 18.6 Å². The van der Waals surface area contributed by atoms with Crippen LogP contribution in [-0.4, -0.2) is 29.6 Å². The zero-order valence-corrected chi connectivity index (χ0v) is 13.1. The van der Waals surface area contributed by atoms with Crippen molar-refractivity contribution in [3.05, 3.63) is 64.4 Å². The number of hydrogen-bond donors (Lipinski definition) is 2. The van der Waals surface area contributed by atoms with Crippen LogP contribution < -0.4 is 10.7 Å². The first kappa shape index (κ1) is 15.8. The smallest absolute Gasteiger partial charge is 0.259 e. The van der Waals surface area contributed by atoms with E-state index in [1.807, 2.05) is 24.3 Å². The minimum atomic E-state index is -0.409. The average molecular weight is 361 g/mol. The number of aromatic nitrogens is 1. The lowest BCUT2D eigenvalue weighted by atomic mass is 10.2. The fourth-order valence-corrected chi connectivity index (χ4v) is 1.99.